The van der Waals surface area contributed by atoms with Gasteiger partial charge < -0.3 is 10.2 Å². The molecule has 0 saturated carbocycles. The van der Waals surface area contributed by atoms with Crippen molar-refractivity contribution in [2.75, 3.05) is 31.1 Å². The van der Waals surface area contributed by atoms with Gasteiger partial charge in [-0.05, 0) is 24.3 Å². The molecule has 0 aliphatic carbocycles. The number of nitriles is 1. The van der Waals surface area contributed by atoms with E-state index in [1.54, 1.807) is 0 Å². The average molecular weight is 299 g/mol. The maximum absolute atomic E-state index is 9.30. The Bertz CT molecular complexity index is 670. The van der Waals surface area contributed by atoms with Gasteiger partial charge in [-0.2, -0.15) is 5.26 Å². The first-order chi connectivity index (χ1) is 10.3. The highest BCUT2D eigenvalue weighted by molar-refractivity contribution is 6.30. The van der Waals surface area contributed by atoms with E-state index in [0.717, 1.165) is 43.3 Å². The van der Waals surface area contributed by atoms with Crippen molar-refractivity contribution in [1.29, 1.82) is 5.26 Å². The molecule has 2 heterocycles. The minimum absolute atomic E-state index is 0.620. The summed E-state index contributed by atoms with van der Waals surface area (Å²) in [5.41, 5.74) is 2.48. The first-order valence-electron chi connectivity index (χ1n) is 6.91. The van der Waals surface area contributed by atoms with Crippen molar-refractivity contribution in [3.05, 3.63) is 47.0 Å². The predicted molar refractivity (Wildman–Crippen MR) is 84.5 cm³/mol. The van der Waals surface area contributed by atoms with Crippen LogP contribution in [0.4, 0.5) is 5.82 Å². The molecular formula is C16H15ClN4. The van der Waals surface area contributed by atoms with E-state index in [1.165, 1.54) is 0 Å². The Hall–Kier alpha value is -2.09. The van der Waals surface area contributed by atoms with Crippen LogP contribution in [0.25, 0.3) is 11.3 Å². The fourth-order valence-corrected chi connectivity index (χ4v) is 2.56. The van der Waals surface area contributed by atoms with Crippen molar-refractivity contribution in [2.24, 2.45) is 0 Å². The van der Waals surface area contributed by atoms with Crippen LogP contribution in [0, 0.1) is 11.3 Å². The third kappa shape index (κ3) is 2.99. The molecule has 1 N–H and O–H groups in total. The molecule has 0 unspecified atom stereocenters. The van der Waals surface area contributed by atoms with E-state index in [9.17, 15) is 5.26 Å². The smallest absolute Gasteiger partial charge is 0.147 e. The first-order valence-corrected chi connectivity index (χ1v) is 7.28. The molecule has 2 aromatic rings. The Morgan fingerprint density at radius 2 is 1.81 bits per heavy atom. The lowest BCUT2D eigenvalue weighted by molar-refractivity contribution is 0.585. The number of piperazine rings is 1. The van der Waals surface area contributed by atoms with Gasteiger partial charge in [-0.25, -0.2) is 4.98 Å². The summed E-state index contributed by atoms with van der Waals surface area (Å²) in [4.78, 5) is 6.86. The summed E-state index contributed by atoms with van der Waals surface area (Å²) in [6, 6.07) is 13.5. The maximum Gasteiger partial charge on any atom is 0.147 e. The molecule has 1 aliphatic heterocycles. The van der Waals surface area contributed by atoms with E-state index in [2.05, 4.69) is 16.3 Å². The van der Waals surface area contributed by atoms with Crippen LogP contribution in [0.1, 0.15) is 5.56 Å². The minimum atomic E-state index is 0.620. The van der Waals surface area contributed by atoms with Crippen molar-refractivity contribution in [3.63, 3.8) is 0 Å². The van der Waals surface area contributed by atoms with Gasteiger partial charge in [-0.1, -0.05) is 23.7 Å². The van der Waals surface area contributed by atoms with Crippen LogP contribution in [0.2, 0.25) is 5.02 Å². The Kier molecular flexibility index (Phi) is 4.05. The number of hydrogen-bond acceptors (Lipinski definition) is 4. The maximum atomic E-state index is 9.30. The standard InChI is InChI=1S/C16H15ClN4/c17-14-4-1-12(2-5-14)15-6-3-13(11-18)16(20-15)21-9-7-19-8-10-21/h1-6,19H,7-10H2. The monoisotopic (exact) mass is 298 g/mol. The van der Waals surface area contributed by atoms with Gasteiger partial charge in [0.25, 0.3) is 0 Å². The van der Waals surface area contributed by atoms with E-state index >= 15 is 0 Å². The summed E-state index contributed by atoms with van der Waals surface area (Å²) in [7, 11) is 0. The summed E-state index contributed by atoms with van der Waals surface area (Å²) in [5.74, 6) is 0.770. The summed E-state index contributed by atoms with van der Waals surface area (Å²) in [6.07, 6.45) is 0. The van der Waals surface area contributed by atoms with Gasteiger partial charge in [-0.3, -0.25) is 0 Å². The summed E-state index contributed by atoms with van der Waals surface area (Å²) in [5, 5.41) is 13.3. The topological polar surface area (TPSA) is 52.0 Å². The van der Waals surface area contributed by atoms with E-state index < -0.39 is 0 Å². The van der Waals surface area contributed by atoms with Crippen molar-refractivity contribution < 1.29 is 0 Å². The van der Waals surface area contributed by atoms with Crippen molar-refractivity contribution in [2.45, 2.75) is 0 Å². The first kappa shape index (κ1) is 13.9. The second-order valence-corrected chi connectivity index (χ2v) is 5.36. The molecule has 0 bridgehead atoms. The molecule has 106 valence electrons. The molecule has 5 heteroatoms. The molecule has 4 nitrogen and oxygen atoms in total. The number of rotatable bonds is 2. The van der Waals surface area contributed by atoms with Gasteiger partial charge in [0.15, 0.2) is 0 Å². The largest absolute Gasteiger partial charge is 0.353 e. The molecule has 0 spiro atoms. The number of nitrogens with zero attached hydrogens (tertiary/aromatic N) is 3. The SMILES string of the molecule is N#Cc1ccc(-c2ccc(Cl)cc2)nc1N1CCNCC1. The molecule has 21 heavy (non-hydrogen) atoms. The third-order valence-corrected chi connectivity index (χ3v) is 3.80. The molecule has 0 atom stereocenters. The zero-order valence-electron chi connectivity index (χ0n) is 11.5. The number of nitrogens with one attached hydrogen (secondary N) is 1. The lowest BCUT2D eigenvalue weighted by atomic mass is 10.1. The number of hydrogen-bond donors (Lipinski definition) is 1. The lowest BCUT2D eigenvalue weighted by Gasteiger charge is -2.29. The number of halogens is 1. The number of aromatic nitrogens is 1. The summed E-state index contributed by atoms with van der Waals surface area (Å²) < 4.78 is 0. The van der Waals surface area contributed by atoms with Gasteiger partial charge in [0, 0.05) is 36.8 Å². The van der Waals surface area contributed by atoms with Gasteiger partial charge in [0.2, 0.25) is 0 Å². The number of pyridine rings is 1. The molecule has 0 radical (unpaired) electrons. The van der Waals surface area contributed by atoms with Crippen LogP contribution in [-0.2, 0) is 0 Å². The van der Waals surface area contributed by atoms with E-state index in [-0.39, 0.29) is 0 Å². The normalized spacial score (nSPS) is 14.8. The van der Waals surface area contributed by atoms with E-state index in [4.69, 9.17) is 16.6 Å². The molecular weight excluding hydrogens is 284 g/mol. The van der Waals surface area contributed by atoms with E-state index in [1.807, 2.05) is 36.4 Å². The second kappa shape index (κ2) is 6.13. The van der Waals surface area contributed by atoms with Crippen LogP contribution < -0.4 is 10.2 Å². The number of benzene rings is 1. The minimum Gasteiger partial charge on any atom is -0.353 e. The van der Waals surface area contributed by atoms with Crippen molar-refractivity contribution in [1.82, 2.24) is 10.3 Å². The molecule has 1 fully saturated rings. The predicted octanol–water partition coefficient (Wildman–Crippen LogP) is 2.68. The Morgan fingerprint density at radius 3 is 2.48 bits per heavy atom. The van der Waals surface area contributed by atoms with Crippen LogP contribution in [0.15, 0.2) is 36.4 Å². The van der Waals surface area contributed by atoms with Gasteiger partial charge in [0.05, 0.1) is 11.3 Å². The van der Waals surface area contributed by atoms with Crippen LogP contribution in [0.3, 0.4) is 0 Å². The molecule has 1 aromatic heterocycles. The summed E-state index contributed by atoms with van der Waals surface area (Å²) in [6.45, 7) is 3.56. The van der Waals surface area contributed by atoms with Crippen LogP contribution in [-0.4, -0.2) is 31.2 Å². The average Bonchev–Trinajstić information content (AvgIpc) is 2.56. The zero-order chi connectivity index (χ0) is 14.7. The van der Waals surface area contributed by atoms with Gasteiger partial charge in [-0.15, -0.1) is 0 Å². The highest BCUT2D eigenvalue weighted by Gasteiger charge is 2.16. The highest BCUT2D eigenvalue weighted by Crippen LogP contribution is 2.25. The molecule has 3 rings (SSSR count). The van der Waals surface area contributed by atoms with E-state index in [0.29, 0.717) is 10.6 Å². The number of anilines is 1. The lowest BCUT2D eigenvalue weighted by Crippen LogP contribution is -2.44. The fraction of sp³-hybridized carbons (Fsp3) is 0.250. The second-order valence-electron chi connectivity index (χ2n) is 4.92. The molecule has 1 aliphatic rings. The molecule has 0 amide bonds. The highest BCUT2D eigenvalue weighted by atomic mass is 35.5. The Labute approximate surface area is 129 Å². The van der Waals surface area contributed by atoms with Crippen molar-refractivity contribution in [3.8, 4) is 17.3 Å². The zero-order valence-corrected chi connectivity index (χ0v) is 12.3. The third-order valence-electron chi connectivity index (χ3n) is 3.55. The molecule has 1 saturated heterocycles. The Morgan fingerprint density at radius 1 is 1.10 bits per heavy atom. The van der Waals surface area contributed by atoms with Gasteiger partial charge in [0.1, 0.15) is 11.9 Å². The van der Waals surface area contributed by atoms with Crippen LogP contribution in [0.5, 0.6) is 0 Å². The Balaban J connectivity index is 2.00. The molecule has 1 aromatic carbocycles. The van der Waals surface area contributed by atoms with Crippen molar-refractivity contribution >= 4 is 17.4 Å². The van der Waals surface area contributed by atoms with Gasteiger partial charge >= 0.3 is 0 Å². The quantitative estimate of drug-likeness (QED) is 0.926. The van der Waals surface area contributed by atoms with Crippen LogP contribution >= 0.6 is 11.6 Å². The summed E-state index contributed by atoms with van der Waals surface area (Å²) >= 11 is 5.92. The fourth-order valence-electron chi connectivity index (χ4n) is 2.43.